The van der Waals surface area contributed by atoms with Crippen LogP contribution >= 0.6 is 0 Å². The van der Waals surface area contributed by atoms with Crippen molar-refractivity contribution in [2.75, 3.05) is 4.90 Å². The number of benzene rings is 3. The van der Waals surface area contributed by atoms with Crippen LogP contribution in [0.4, 0.5) is 18.9 Å². The molecule has 1 fully saturated rings. The van der Waals surface area contributed by atoms with Crippen molar-refractivity contribution in [3.63, 3.8) is 0 Å². The first kappa shape index (κ1) is 21.1. The third-order valence-corrected chi connectivity index (χ3v) is 5.80. The molecule has 1 saturated heterocycles. The maximum absolute atomic E-state index is 13.4. The van der Waals surface area contributed by atoms with Crippen LogP contribution in [0.1, 0.15) is 41.7 Å². The first-order valence-corrected chi connectivity index (χ1v) is 10.1. The minimum absolute atomic E-state index is 0.113. The maximum atomic E-state index is 13.4. The van der Waals surface area contributed by atoms with E-state index in [4.69, 9.17) is 0 Å². The molecule has 6 heteroatoms. The summed E-state index contributed by atoms with van der Waals surface area (Å²) >= 11 is 0. The van der Waals surface area contributed by atoms with Gasteiger partial charge in [0.15, 0.2) is 0 Å². The van der Waals surface area contributed by atoms with Gasteiger partial charge in [-0.2, -0.15) is 0 Å². The number of amides is 1. The fourth-order valence-corrected chi connectivity index (χ4v) is 4.09. The number of halogens is 3. The zero-order valence-corrected chi connectivity index (χ0v) is 16.7. The Kier molecular flexibility index (Phi) is 6.09. The van der Waals surface area contributed by atoms with Crippen LogP contribution in [0.2, 0.25) is 0 Å². The molecule has 1 aliphatic heterocycles. The minimum atomic E-state index is -0.817. The highest BCUT2D eigenvalue weighted by molar-refractivity contribution is 6.03. The predicted octanol–water partition coefficient (Wildman–Crippen LogP) is 5.65. The van der Waals surface area contributed by atoms with Crippen molar-refractivity contribution in [1.29, 1.82) is 0 Å². The van der Waals surface area contributed by atoms with Crippen LogP contribution in [0, 0.1) is 17.6 Å². The molecule has 1 N–H and O–H groups in total. The second-order valence-electron chi connectivity index (χ2n) is 7.76. The summed E-state index contributed by atoms with van der Waals surface area (Å²) in [6, 6.07) is 18.0. The molecule has 3 atom stereocenters. The molecule has 4 rings (SSSR count). The molecular weight excluding hydrogens is 403 g/mol. The van der Waals surface area contributed by atoms with Gasteiger partial charge in [-0.15, -0.1) is 0 Å². The molecule has 3 aromatic rings. The monoisotopic (exact) mass is 425 g/mol. The second kappa shape index (κ2) is 8.94. The van der Waals surface area contributed by atoms with Gasteiger partial charge >= 0.3 is 0 Å². The Hall–Kier alpha value is -3.12. The summed E-state index contributed by atoms with van der Waals surface area (Å²) in [7, 11) is 0. The van der Waals surface area contributed by atoms with E-state index in [9.17, 15) is 23.1 Å². The Morgan fingerprint density at radius 2 is 1.45 bits per heavy atom. The molecule has 0 spiro atoms. The second-order valence-corrected chi connectivity index (χ2v) is 7.76. The largest absolute Gasteiger partial charge is 0.388 e. The molecule has 0 saturated carbocycles. The number of rotatable bonds is 7. The SMILES string of the molecule is O=C1[C@H](CC[C@H](O)c2ccc(F)cc2)[C@@H](c2ccc(CF)cc2)N1c1ccc(F)cc1. The topological polar surface area (TPSA) is 40.5 Å². The molecule has 0 bridgehead atoms. The molecule has 160 valence electrons. The molecule has 1 amide bonds. The van der Waals surface area contributed by atoms with Crippen LogP contribution < -0.4 is 4.90 Å². The van der Waals surface area contributed by atoms with Crippen molar-refractivity contribution in [2.24, 2.45) is 5.92 Å². The lowest BCUT2D eigenvalue weighted by Gasteiger charge is -2.48. The van der Waals surface area contributed by atoms with E-state index >= 15 is 0 Å². The van der Waals surface area contributed by atoms with Gasteiger partial charge in [0.2, 0.25) is 5.91 Å². The van der Waals surface area contributed by atoms with E-state index < -0.39 is 12.8 Å². The normalized spacial score (nSPS) is 19.2. The number of hydrogen-bond donors (Lipinski definition) is 1. The van der Waals surface area contributed by atoms with E-state index in [1.165, 1.54) is 36.4 Å². The highest BCUT2D eigenvalue weighted by Gasteiger charge is 2.48. The number of hydrogen-bond acceptors (Lipinski definition) is 2. The Morgan fingerprint density at radius 3 is 2.03 bits per heavy atom. The van der Waals surface area contributed by atoms with Gasteiger partial charge in [-0.1, -0.05) is 36.4 Å². The summed E-state index contributed by atoms with van der Waals surface area (Å²) in [6.07, 6.45) is -0.0639. The van der Waals surface area contributed by atoms with E-state index in [1.807, 2.05) is 0 Å². The number of nitrogens with zero attached hydrogens (tertiary/aromatic N) is 1. The van der Waals surface area contributed by atoms with E-state index in [1.54, 1.807) is 41.3 Å². The first-order chi connectivity index (χ1) is 15.0. The average Bonchev–Trinajstić information content (AvgIpc) is 2.79. The molecule has 1 aliphatic rings. The van der Waals surface area contributed by atoms with Gasteiger partial charge in [0.05, 0.1) is 18.1 Å². The highest BCUT2D eigenvalue weighted by atomic mass is 19.1. The van der Waals surface area contributed by atoms with Crippen LogP contribution in [0.25, 0.3) is 0 Å². The van der Waals surface area contributed by atoms with E-state index in [2.05, 4.69) is 0 Å². The number of carbonyl (C=O) groups is 1. The van der Waals surface area contributed by atoms with Crippen LogP contribution in [-0.2, 0) is 11.5 Å². The number of alkyl halides is 1. The maximum Gasteiger partial charge on any atom is 0.233 e. The molecule has 3 nitrogen and oxygen atoms in total. The Morgan fingerprint density at radius 1 is 0.871 bits per heavy atom. The summed E-state index contributed by atoms with van der Waals surface area (Å²) in [4.78, 5) is 14.6. The third kappa shape index (κ3) is 4.35. The van der Waals surface area contributed by atoms with Crippen molar-refractivity contribution in [3.8, 4) is 0 Å². The summed E-state index contributed by atoms with van der Waals surface area (Å²) in [5, 5.41) is 10.5. The Balaban J connectivity index is 1.55. The predicted molar refractivity (Wildman–Crippen MR) is 112 cm³/mol. The standard InChI is InChI=1S/C25H22F3NO2/c26-15-16-1-3-18(4-2-16)24-22(13-14-23(30)17-5-7-19(27)8-6-17)25(31)29(24)21-11-9-20(28)10-12-21/h1-12,22-24,30H,13-15H2/t22-,23+,24-/m1/s1. The van der Waals surface area contributed by atoms with Gasteiger partial charge in [-0.3, -0.25) is 4.79 Å². The molecular formula is C25H22F3NO2. The zero-order valence-electron chi connectivity index (χ0n) is 16.7. The highest BCUT2D eigenvalue weighted by Crippen LogP contribution is 2.46. The van der Waals surface area contributed by atoms with E-state index in [0.29, 0.717) is 29.7 Å². The molecule has 0 unspecified atom stereocenters. The summed E-state index contributed by atoms with van der Waals surface area (Å²) in [5.74, 6) is -1.26. The van der Waals surface area contributed by atoms with Crippen molar-refractivity contribution in [3.05, 3.63) is 101 Å². The van der Waals surface area contributed by atoms with E-state index in [-0.39, 0.29) is 29.5 Å². The van der Waals surface area contributed by atoms with Crippen LogP contribution in [0.3, 0.4) is 0 Å². The van der Waals surface area contributed by atoms with Crippen molar-refractivity contribution in [1.82, 2.24) is 0 Å². The van der Waals surface area contributed by atoms with E-state index in [0.717, 1.165) is 5.56 Å². The molecule has 0 radical (unpaired) electrons. The van der Waals surface area contributed by atoms with Gasteiger partial charge in [-0.05, 0) is 65.9 Å². The average molecular weight is 425 g/mol. The van der Waals surface area contributed by atoms with Crippen LogP contribution in [-0.4, -0.2) is 11.0 Å². The molecule has 0 aromatic heterocycles. The Bertz CT molecular complexity index is 1040. The number of carbonyl (C=O) groups excluding carboxylic acids is 1. The summed E-state index contributed by atoms with van der Waals surface area (Å²) < 4.78 is 39.4. The van der Waals surface area contributed by atoms with Gasteiger partial charge in [0.25, 0.3) is 0 Å². The first-order valence-electron chi connectivity index (χ1n) is 10.1. The lowest BCUT2D eigenvalue weighted by Crippen LogP contribution is -2.55. The van der Waals surface area contributed by atoms with Crippen molar-refractivity contribution >= 4 is 11.6 Å². The number of aliphatic hydroxyl groups excluding tert-OH is 1. The van der Waals surface area contributed by atoms with Crippen LogP contribution in [0.5, 0.6) is 0 Å². The zero-order chi connectivity index (χ0) is 22.0. The summed E-state index contributed by atoms with van der Waals surface area (Å²) in [5.41, 5.74) is 2.57. The fourth-order valence-electron chi connectivity index (χ4n) is 4.09. The number of anilines is 1. The number of aliphatic hydroxyl groups is 1. The molecule has 31 heavy (non-hydrogen) atoms. The quantitative estimate of drug-likeness (QED) is 0.497. The third-order valence-electron chi connectivity index (χ3n) is 5.80. The van der Waals surface area contributed by atoms with Crippen molar-refractivity contribution < 1.29 is 23.1 Å². The van der Waals surface area contributed by atoms with Gasteiger partial charge in [0.1, 0.15) is 18.3 Å². The van der Waals surface area contributed by atoms with Gasteiger partial charge in [-0.25, -0.2) is 13.2 Å². The van der Waals surface area contributed by atoms with Gasteiger partial charge < -0.3 is 10.0 Å². The lowest BCUT2D eigenvalue weighted by molar-refractivity contribution is -0.131. The smallest absolute Gasteiger partial charge is 0.233 e. The number of β-lactam (4-membered cyclic amide) rings is 1. The summed E-state index contributed by atoms with van der Waals surface area (Å²) in [6.45, 7) is -0.571. The fraction of sp³-hybridized carbons (Fsp3) is 0.240. The molecule has 0 aliphatic carbocycles. The van der Waals surface area contributed by atoms with Gasteiger partial charge in [0, 0.05) is 5.69 Å². The van der Waals surface area contributed by atoms with Crippen LogP contribution in [0.15, 0.2) is 72.8 Å². The Labute approximate surface area is 178 Å². The molecule has 3 aromatic carbocycles. The molecule has 1 heterocycles. The lowest BCUT2D eigenvalue weighted by atomic mass is 9.78. The van der Waals surface area contributed by atoms with Crippen molar-refractivity contribution in [2.45, 2.75) is 31.7 Å². The minimum Gasteiger partial charge on any atom is -0.388 e.